The fraction of sp³-hybridized carbons (Fsp3) is 0.238. The van der Waals surface area contributed by atoms with E-state index in [1.807, 2.05) is 30.3 Å². The van der Waals surface area contributed by atoms with Gasteiger partial charge in [-0.15, -0.1) is 10.2 Å². The van der Waals surface area contributed by atoms with Crippen molar-refractivity contribution in [2.75, 3.05) is 5.32 Å². The predicted molar refractivity (Wildman–Crippen MR) is 105 cm³/mol. The largest absolute Gasteiger partial charge is 0.337 e. The van der Waals surface area contributed by atoms with E-state index in [-0.39, 0.29) is 17.9 Å². The molecular weight excluding hydrogens is 392 g/mol. The van der Waals surface area contributed by atoms with Gasteiger partial charge in [0.1, 0.15) is 23.5 Å². The number of nitrogens with one attached hydrogen (secondary N) is 3. The molecule has 2 amide bonds. The third-order valence-corrected chi connectivity index (χ3v) is 5.03. The summed E-state index contributed by atoms with van der Waals surface area (Å²) >= 11 is 0. The van der Waals surface area contributed by atoms with E-state index in [9.17, 15) is 18.4 Å². The number of fused-ring (bicyclic) bond motifs is 1. The molecule has 7 nitrogen and oxygen atoms in total. The fourth-order valence-electron chi connectivity index (χ4n) is 3.54. The van der Waals surface area contributed by atoms with Crippen molar-refractivity contribution in [3.8, 4) is 0 Å². The summed E-state index contributed by atoms with van der Waals surface area (Å²) in [7, 11) is 0. The normalized spacial score (nSPS) is 18.3. The van der Waals surface area contributed by atoms with E-state index in [0.29, 0.717) is 23.9 Å². The van der Waals surface area contributed by atoms with Gasteiger partial charge >= 0.3 is 0 Å². The minimum Gasteiger partial charge on any atom is -0.337 e. The molecule has 2 atom stereocenters. The SMILES string of the molecule is C[C@@H]1Cc2cc(F)cc(F)c2NC(=O)[C@H]1NC(=O)c1nnc(Cc2ccccc2)[nH]1. The fourth-order valence-corrected chi connectivity index (χ4v) is 3.54. The number of anilines is 1. The number of aromatic amines is 1. The summed E-state index contributed by atoms with van der Waals surface area (Å²) in [6.07, 6.45) is 0.685. The smallest absolute Gasteiger partial charge is 0.289 e. The number of carbonyl (C=O) groups is 2. The Morgan fingerprint density at radius 3 is 2.73 bits per heavy atom. The lowest BCUT2D eigenvalue weighted by Gasteiger charge is -2.20. The molecule has 3 N–H and O–H groups in total. The minimum atomic E-state index is -0.949. The molecule has 0 saturated heterocycles. The lowest BCUT2D eigenvalue weighted by Crippen LogP contribution is -2.47. The Labute approximate surface area is 170 Å². The van der Waals surface area contributed by atoms with E-state index >= 15 is 0 Å². The first-order valence-electron chi connectivity index (χ1n) is 9.46. The summed E-state index contributed by atoms with van der Waals surface area (Å²) < 4.78 is 27.6. The van der Waals surface area contributed by atoms with E-state index in [4.69, 9.17) is 0 Å². The number of H-pyrrole nitrogens is 1. The predicted octanol–water partition coefficient (Wildman–Crippen LogP) is 2.60. The maximum atomic E-state index is 14.1. The van der Waals surface area contributed by atoms with Gasteiger partial charge in [-0.25, -0.2) is 8.78 Å². The van der Waals surface area contributed by atoms with E-state index in [1.54, 1.807) is 6.92 Å². The van der Waals surface area contributed by atoms with Crippen molar-refractivity contribution >= 4 is 17.5 Å². The van der Waals surface area contributed by atoms with E-state index in [2.05, 4.69) is 25.8 Å². The molecule has 1 aromatic heterocycles. The number of aromatic nitrogens is 3. The maximum absolute atomic E-state index is 14.1. The monoisotopic (exact) mass is 411 g/mol. The van der Waals surface area contributed by atoms with Gasteiger partial charge in [0.15, 0.2) is 0 Å². The number of hydrogen-bond acceptors (Lipinski definition) is 4. The Morgan fingerprint density at radius 1 is 1.20 bits per heavy atom. The third-order valence-electron chi connectivity index (χ3n) is 5.03. The van der Waals surface area contributed by atoms with Crippen LogP contribution in [0.3, 0.4) is 0 Å². The van der Waals surface area contributed by atoms with Gasteiger partial charge in [-0.1, -0.05) is 37.3 Å². The van der Waals surface area contributed by atoms with Gasteiger partial charge in [0.25, 0.3) is 5.91 Å². The number of halogens is 2. The molecule has 0 fully saturated rings. The first-order chi connectivity index (χ1) is 14.4. The standard InChI is InChI=1S/C21H19F2N5O2/c1-11-7-13-9-14(22)10-15(23)18(13)26-20(29)17(11)25-21(30)19-24-16(27-28-19)8-12-5-3-2-4-6-12/h2-6,9-11,17H,7-8H2,1H3,(H,25,30)(H,26,29)(H,24,27,28)/t11-,17+/m1/s1. The number of carbonyl (C=O) groups excluding carboxylic acids is 2. The van der Waals surface area contributed by atoms with Crippen LogP contribution in [-0.2, 0) is 17.6 Å². The van der Waals surface area contributed by atoms with Crippen LogP contribution in [0, 0.1) is 17.6 Å². The Balaban J connectivity index is 1.48. The average Bonchev–Trinajstić information content (AvgIpc) is 3.13. The van der Waals surface area contributed by atoms with E-state index in [0.717, 1.165) is 5.56 Å². The molecule has 1 aliphatic rings. The van der Waals surface area contributed by atoms with Crippen molar-refractivity contribution in [1.29, 1.82) is 0 Å². The van der Waals surface area contributed by atoms with E-state index < -0.39 is 35.4 Å². The van der Waals surface area contributed by atoms with Gasteiger partial charge in [-0.2, -0.15) is 0 Å². The highest BCUT2D eigenvalue weighted by molar-refractivity contribution is 6.01. The van der Waals surface area contributed by atoms with Gasteiger partial charge < -0.3 is 15.6 Å². The zero-order chi connectivity index (χ0) is 21.3. The van der Waals surface area contributed by atoms with Gasteiger partial charge in [0.2, 0.25) is 11.7 Å². The van der Waals surface area contributed by atoms with Crippen LogP contribution in [-0.4, -0.2) is 33.0 Å². The Bertz CT molecular complexity index is 1100. The molecule has 0 bridgehead atoms. The van der Waals surface area contributed by atoms with Crippen LogP contribution in [0.5, 0.6) is 0 Å². The van der Waals surface area contributed by atoms with Crippen LogP contribution in [0.1, 0.15) is 34.5 Å². The van der Waals surface area contributed by atoms with Crippen molar-refractivity contribution in [2.45, 2.75) is 25.8 Å². The second-order valence-electron chi connectivity index (χ2n) is 7.33. The lowest BCUT2D eigenvalue weighted by molar-refractivity contribution is -0.118. The zero-order valence-electron chi connectivity index (χ0n) is 16.1. The van der Waals surface area contributed by atoms with Gasteiger partial charge in [-0.3, -0.25) is 9.59 Å². The lowest BCUT2D eigenvalue weighted by atomic mass is 9.94. The van der Waals surface area contributed by atoms with Crippen molar-refractivity contribution in [1.82, 2.24) is 20.5 Å². The van der Waals surface area contributed by atoms with Crippen LogP contribution in [0.25, 0.3) is 0 Å². The quantitative estimate of drug-likeness (QED) is 0.614. The van der Waals surface area contributed by atoms with Gasteiger partial charge in [0.05, 0.1) is 5.69 Å². The molecular formula is C21H19F2N5O2. The maximum Gasteiger partial charge on any atom is 0.289 e. The molecule has 154 valence electrons. The first kappa shape index (κ1) is 19.7. The molecule has 0 radical (unpaired) electrons. The first-order valence-corrected chi connectivity index (χ1v) is 9.46. The number of hydrogen-bond donors (Lipinski definition) is 3. The molecule has 4 rings (SSSR count). The van der Waals surface area contributed by atoms with Crippen LogP contribution in [0.15, 0.2) is 42.5 Å². The molecule has 9 heteroatoms. The van der Waals surface area contributed by atoms with E-state index in [1.165, 1.54) is 6.07 Å². The highest BCUT2D eigenvalue weighted by Gasteiger charge is 2.33. The minimum absolute atomic E-state index is 0.0279. The van der Waals surface area contributed by atoms with Gasteiger partial charge in [0, 0.05) is 12.5 Å². The molecule has 1 aliphatic heterocycles. The Morgan fingerprint density at radius 2 is 1.97 bits per heavy atom. The molecule has 0 spiro atoms. The molecule has 30 heavy (non-hydrogen) atoms. The Kier molecular flexibility index (Phi) is 5.26. The number of nitrogens with zero attached hydrogens (tertiary/aromatic N) is 2. The van der Waals surface area contributed by atoms with Crippen LogP contribution in [0.4, 0.5) is 14.5 Å². The third kappa shape index (κ3) is 4.05. The summed E-state index contributed by atoms with van der Waals surface area (Å²) in [6.45, 7) is 1.73. The number of amides is 2. The molecule has 2 heterocycles. The summed E-state index contributed by atoms with van der Waals surface area (Å²) in [5.41, 5.74) is 1.29. The molecule has 0 aliphatic carbocycles. The summed E-state index contributed by atoms with van der Waals surface area (Å²) in [4.78, 5) is 28.1. The molecule has 0 saturated carbocycles. The topological polar surface area (TPSA) is 99.8 Å². The zero-order valence-corrected chi connectivity index (χ0v) is 16.1. The second-order valence-corrected chi connectivity index (χ2v) is 7.33. The van der Waals surface area contributed by atoms with Crippen LogP contribution >= 0.6 is 0 Å². The van der Waals surface area contributed by atoms with Crippen LogP contribution in [0.2, 0.25) is 0 Å². The highest BCUT2D eigenvalue weighted by atomic mass is 19.1. The molecule has 0 unspecified atom stereocenters. The average molecular weight is 411 g/mol. The van der Waals surface area contributed by atoms with Crippen molar-refractivity contribution in [3.05, 3.63) is 76.9 Å². The highest BCUT2D eigenvalue weighted by Crippen LogP contribution is 2.29. The van der Waals surface area contributed by atoms with Crippen LogP contribution < -0.4 is 10.6 Å². The molecule has 2 aromatic carbocycles. The number of rotatable bonds is 4. The van der Waals surface area contributed by atoms with Crippen molar-refractivity contribution in [3.63, 3.8) is 0 Å². The summed E-state index contributed by atoms with van der Waals surface area (Å²) in [5, 5.41) is 12.9. The van der Waals surface area contributed by atoms with Crippen molar-refractivity contribution in [2.24, 2.45) is 5.92 Å². The van der Waals surface area contributed by atoms with Gasteiger partial charge in [-0.05, 0) is 29.5 Å². The Hall–Kier alpha value is -3.62. The molecule has 3 aromatic rings. The second kappa shape index (κ2) is 8.02. The van der Waals surface area contributed by atoms with Crippen molar-refractivity contribution < 1.29 is 18.4 Å². The number of benzene rings is 2. The summed E-state index contributed by atoms with van der Waals surface area (Å²) in [6, 6.07) is 10.5. The summed E-state index contributed by atoms with van der Waals surface area (Å²) in [5.74, 6) is -2.67.